The van der Waals surface area contributed by atoms with Crippen LogP contribution in [0.5, 0.6) is 0 Å². The van der Waals surface area contributed by atoms with Crippen molar-refractivity contribution in [2.75, 3.05) is 38.9 Å². The van der Waals surface area contributed by atoms with Gasteiger partial charge in [0, 0.05) is 20.3 Å². The Morgan fingerprint density at radius 3 is 2.84 bits per heavy atom. The predicted octanol–water partition coefficient (Wildman–Crippen LogP) is 0.150. The van der Waals surface area contributed by atoms with Crippen LogP contribution in [0.25, 0.3) is 0 Å². The third kappa shape index (κ3) is 6.14. The van der Waals surface area contributed by atoms with Crippen LogP contribution < -0.4 is 16.6 Å². The molecule has 1 amide bonds. The average Bonchev–Trinajstić information content (AvgIpc) is 2.46. The van der Waals surface area contributed by atoms with Crippen LogP contribution in [-0.4, -0.2) is 44.4 Å². The van der Waals surface area contributed by atoms with Crippen molar-refractivity contribution >= 4 is 11.6 Å². The Kier molecular flexibility index (Phi) is 7.48. The maximum atomic E-state index is 11.7. The molecule has 0 spiro atoms. The highest BCUT2D eigenvalue weighted by Gasteiger charge is 2.05. The summed E-state index contributed by atoms with van der Waals surface area (Å²) in [6.45, 7) is 2.29. The van der Waals surface area contributed by atoms with Gasteiger partial charge in [0.1, 0.15) is 5.69 Å². The molecule has 0 atom stereocenters. The van der Waals surface area contributed by atoms with Crippen molar-refractivity contribution < 1.29 is 14.3 Å². The summed E-state index contributed by atoms with van der Waals surface area (Å²) in [7, 11) is 1.63. The van der Waals surface area contributed by atoms with Gasteiger partial charge in [-0.25, -0.2) is 4.98 Å². The van der Waals surface area contributed by atoms with E-state index in [0.717, 1.165) is 6.42 Å². The third-order valence-corrected chi connectivity index (χ3v) is 2.35. The van der Waals surface area contributed by atoms with Crippen molar-refractivity contribution in [3.8, 4) is 0 Å². The number of nitrogen functional groups attached to an aromatic ring is 1. The Balaban J connectivity index is 2.16. The van der Waals surface area contributed by atoms with E-state index in [1.165, 1.54) is 6.20 Å². The van der Waals surface area contributed by atoms with E-state index in [1.54, 1.807) is 19.2 Å². The molecule has 0 bridgehead atoms. The number of carbonyl (C=O) groups is 1. The summed E-state index contributed by atoms with van der Waals surface area (Å²) in [6, 6.07) is 3.30. The molecule has 1 aromatic rings. The van der Waals surface area contributed by atoms with Crippen molar-refractivity contribution in [1.29, 1.82) is 0 Å². The maximum absolute atomic E-state index is 11.7. The second kappa shape index (κ2) is 9.26. The number of hydrogen-bond donors (Lipinski definition) is 3. The van der Waals surface area contributed by atoms with Gasteiger partial charge >= 0.3 is 0 Å². The third-order valence-electron chi connectivity index (χ3n) is 2.35. The number of nitrogens with zero attached hydrogens (tertiary/aromatic N) is 1. The van der Waals surface area contributed by atoms with Crippen LogP contribution in [0, 0.1) is 0 Å². The molecule has 4 N–H and O–H groups in total. The fraction of sp³-hybridized carbons (Fsp3) is 0.500. The van der Waals surface area contributed by atoms with E-state index in [0.29, 0.717) is 37.7 Å². The van der Waals surface area contributed by atoms with Gasteiger partial charge in [0.05, 0.1) is 25.1 Å². The first-order chi connectivity index (χ1) is 9.27. The van der Waals surface area contributed by atoms with Crippen LogP contribution in [-0.2, 0) is 9.47 Å². The lowest BCUT2D eigenvalue weighted by Crippen LogP contribution is -2.26. The quantitative estimate of drug-likeness (QED) is 0.335. The molecular weight excluding hydrogens is 248 g/mol. The summed E-state index contributed by atoms with van der Waals surface area (Å²) in [5.41, 5.74) is 3.46. The summed E-state index contributed by atoms with van der Waals surface area (Å²) < 4.78 is 10.1. The summed E-state index contributed by atoms with van der Waals surface area (Å²) in [5, 5.41) is 2.76. The molecule has 0 aliphatic heterocycles. The number of hydrazine groups is 1. The summed E-state index contributed by atoms with van der Waals surface area (Å²) in [6.07, 6.45) is 2.25. The monoisotopic (exact) mass is 268 g/mol. The molecule has 0 aliphatic rings. The lowest BCUT2D eigenvalue weighted by molar-refractivity contribution is 0.0688. The fourth-order valence-corrected chi connectivity index (χ4v) is 1.32. The number of amides is 1. The number of aromatic nitrogens is 1. The number of ether oxygens (including phenoxy) is 2. The zero-order valence-electron chi connectivity index (χ0n) is 11.0. The molecule has 7 heteroatoms. The van der Waals surface area contributed by atoms with E-state index in [4.69, 9.17) is 15.3 Å². The minimum absolute atomic E-state index is 0.208. The van der Waals surface area contributed by atoms with Crippen LogP contribution in [0.4, 0.5) is 5.69 Å². The van der Waals surface area contributed by atoms with Gasteiger partial charge in [-0.2, -0.15) is 0 Å². The molecule has 7 nitrogen and oxygen atoms in total. The highest BCUT2D eigenvalue weighted by atomic mass is 16.5. The van der Waals surface area contributed by atoms with Crippen molar-refractivity contribution in [1.82, 2.24) is 10.3 Å². The summed E-state index contributed by atoms with van der Waals surface area (Å²) >= 11 is 0. The summed E-state index contributed by atoms with van der Waals surface area (Å²) in [4.78, 5) is 15.7. The molecule has 0 radical (unpaired) electrons. The van der Waals surface area contributed by atoms with Crippen LogP contribution in [0.2, 0.25) is 0 Å². The molecule has 106 valence electrons. The molecule has 19 heavy (non-hydrogen) atoms. The lowest BCUT2D eigenvalue weighted by atomic mass is 10.3. The molecule has 0 aromatic carbocycles. The first-order valence-electron chi connectivity index (χ1n) is 6.05. The predicted molar refractivity (Wildman–Crippen MR) is 71.7 cm³/mol. The molecule has 1 aromatic heterocycles. The first kappa shape index (κ1) is 15.4. The van der Waals surface area contributed by atoms with Crippen molar-refractivity contribution in [2.45, 2.75) is 6.42 Å². The molecule has 1 heterocycles. The number of methoxy groups -OCH3 is 1. The van der Waals surface area contributed by atoms with E-state index < -0.39 is 0 Å². The average molecular weight is 268 g/mol. The highest BCUT2D eigenvalue weighted by Crippen LogP contribution is 2.03. The molecule has 0 unspecified atom stereocenters. The van der Waals surface area contributed by atoms with E-state index in [-0.39, 0.29) is 5.91 Å². The second-order valence-electron chi connectivity index (χ2n) is 3.79. The van der Waals surface area contributed by atoms with Crippen molar-refractivity contribution in [3.63, 3.8) is 0 Å². The number of nitrogens with two attached hydrogens (primary N) is 1. The molecule has 0 saturated heterocycles. The zero-order valence-corrected chi connectivity index (χ0v) is 11.0. The zero-order chi connectivity index (χ0) is 13.9. The SMILES string of the molecule is COCCOCCCNC(=O)c1ccc(NN)cn1. The number of anilines is 1. The molecule has 1 rings (SSSR count). The van der Waals surface area contributed by atoms with E-state index in [2.05, 4.69) is 15.7 Å². The number of pyridine rings is 1. The minimum atomic E-state index is -0.208. The van der Waals surface area contributed by atoms with Crippen molar-refractivity contribution in [3.05, 3.63) is 24.0 Å². The van der Waals surface area contributed by atoms with Gasteiger partial charge in [-0.05, 0) is 18.6 Å². The highest BCUT2D eigenvalue weighted by molar-refractivity contribution is 5.92. The fourth-order valence-electron chi connectivity index (χ4n) is 1.32. The number of rotatable bonds is 9. The standard InChI is InChI=1S/C12H20N4O3/c1-18-7-8-19-6-2-5-14-12(17)11-4-3-10(16-13)9-15-11/h3-4,9,16H,2,5-8,13H2,1H3,(H,14,17). The first-order valence-corrected chi connectivity index (χ1v) is 6.05. The summed E-state index contributed by atoms with van der Waals surface area (Å²) in [5.74, 6) is 5.00. The Bertz CT molecular complexity index is 370. The Labute approximate surface area is 112 Å². The van der Waals surface area contributed by atoms with E-state index in [1.807, 2.05) is 0 Å². The lowest BCUT2D eigenvalue weighted by Gasteiger charge is -2.06. The van der Waals surface area contributed by atoms with Gasteiger partial charge in [-0.1, -0.05) is 0 Å². The second-order valence-corrected chi connectivity index (χ2v) is 3.79. The Morgan fingerprint density at radius 2 is 2.21 bits per heavy atom. The molecule has 0 fully saturated rings. The molecule has 0 saturated carbocycles. The number of carbonyl (C=O) groups excluding carboxylic acids is 1. The normalized spacial score (nSPS) is 10.2. The van der Waals surface area contributed by atoms with E-state index in [9.17, 15) is 4.79 Å². The Hall–Kier alpha value is -1.70. The number of hydrogen-bond acceptors (Lipinski definition) is 6. The van der Waals surface area contributed by atoms with Crippen LogP contribution in [0.15, 0.2) is 18.3 Å². The molecule has 0 aliphatic carbocycles. The Morgan fingerprint density at radius 1 is 1.37 bits per heavy atom. The van der Waals surface area contributed by atoms with Gasteiger partial charge < -0.3 is 20.2 Å². The van der Waals surface area contributed by atoms with Gasteiger partial charge in [0.25, 0.3) is 5.91 Å². The van der Waals surface area contributed by atoms with Crippen molar-refractivity contribution in [2.24, 2.45) is 5.84 Å². The maximum Gasteiger partial charge on any atom is 0.269 e. The van der Waals surface area contributed by atoms with Crippen LogP contribution in [0.3, 0.4) is 0 Å². The van der Waals surface area contributed by atoms with Gasteiger partial charge in [0.2, 0.25) is 0 Å². The minimum Gasteiger partial charge on any atom is -0.382 e. The van der Waals surface area contributed by atoms with Crippen LogP contribution in [0.1, 0.15) is 16.9 Å². The van der Waals surface area contributed by atoms with Crippen LogP contribution >= 0.6 is 0 Å². The van der Waals surface area contributed by atoms with Gasteiger partial charge in [-0.3, -0.25) is 10.6 Å². The van der Waals surface area contributed by atoms with Gasteiger partial charge in [-0.15, -0.1) is 0 Å². The largest absolute Gasteiger partial charge is 0.382 e. The van der Waals surface area contributed by atoms with Gasteiger partial charge in [0.15, 0.2) is 0 Å². The number of nitrogens with one attached hydrogen (secondary N) is 2. The van der Waals surface area contributed by atoms with E-state index >= 15 is 0 Å². The smallest absolute Gasteiger partial charge is 0.269 e. The molecular formula is C12H20N4O3. The topological polar surface area (TPSA) is 98.5 Å².